The number of nitrogens with one attached hydrogen (secondary N) is 1. The topological polar surface area (TPSA) is 99.0 Å². The summed E-state index contributed by atoms with van der Waals surface area (Å²) in [5.41, 5.74) is 2.20. The van der Waals surface area contributed by atoms with E-state index >= 15 is 0 Å². The van der Waals surface area contributed by atoms with Gasteiger partial charge in [0.2, 0.25) is 11.1 Å². The second-order valence-electron chi connectivity index (χ2n) is 6.65. The highest BCUT2D eigenvalue weighted by Gasteiger charge is 2.16. The van der Waals surface area contributed by atoms with E-state index in [1.54, 1.807) is 72.5 Å². The van der Waals surface area contributed by atoms with Crippen LogP contribution in [0.15, 0.2) is 84.0 Å². The van der Waals surface area contributed by atoms with Gasteiger partial charge in [0.25, 0.3) is 0 Å². The van der Waals surface area contributed by atoms with Crippen LogP contribution in [0.3, 0.4) is 0 Å². The van der Waals surface area contributed by atoms with Crippen LogP contribution in [0, 0.1) is 0 Å². The summed E-state index contributed by atoms with van der Waals surface area (Å²) in [5.74, 6) is 0.369. The van der Waals surface area contributed by atoms with E-state index in [2.05, 4.69) is 20.8 Å². The molecule has 0 bridgehead atoms. The summed E-state index contributed by atoms with van der Waals surface area (Å²) < 4.78 is 6.71. The molecule has 0 spiro atoms. The number of carbonyl (C=O) groups excluding carboxylic acids is 2. The number of aromatic nitrogens is 4. The lowest BCUT2D eigenvalue weighted by Crippen LogP contribution is -2.17. The van der Waals surface area contributed by atoms with Gasteiger partial charge in [-0.3, -0.25) is 9.59 Å². The van der Waals surface area contributed by atoms with Crippen LogP contribution < -0.4 is 10.1 Å². The van der Waals surface area contributed by atoms with Crippen LogP contribution in [0.2, 0.25) is 0 Å². The quantitative estimate of drug-likeness (QED) is 0.327. The summed E-state index contributed by atoms with van der Waals surface area (Å²) in [5, 5.41) is 15.0. The third kappa shape index (κ3) is 4.84. The first-order valence-electron chi connectivity index (χ1n) is 9.70. The van der Waals surface area contributed by atoms with Crippen LogP contribution in [-0.2, 0) is 4.79 Å². The van der Waals surface area contributed by atoms with Gasteiger partial charge in [0.05, 0.1) is 24.2 Å². The van der Waals surface area contributed by atoms with Crippen LogP contribution in [0.4, 0.5) is 5.69 Å². The molecule has 0 aliphatic heterocycles. The zero-order valence-electron chi connectivity index (χ0n) is 17.1. The average Bonchev–Trinajstić information content (AvgIpc) is 3.32. The number of anilines is 1. The summed E-state index contributed by atoms with van der Waals surface area (Å²) in [7, 11) is 1.59. The molecule has 32 heavy (non-hydrogen) atoms. The van der Waals surface area contributed by atoms with Gasteiger partial charge in [-0.15, -0.1) is 5.10 Å². The van der Waals surface area contributed by atoms with Crippen molar-refractivity contribution in [3.05, 3.63) is 90.0 Å². The van der Waals surface area contributed by atoms with Gasteiger partial charge in [0.15, 0.2) is 5.78 Å². The molecule has 0 aliphatic rings. The number of tetrazole rings is 1. The number of thioether (sulfide) groups is 1. The Bertz CT molecular complexity index is 1230. The minimum Gasteiger partial charge on any atom is -0.497 e. The molecule has 0 radical (unpaired) electrons. The van der Waals surface area contributed by atoms with Gasteiger partial charge in [0, 0.05) is 11.1 Å². The molecule has 0 unspecified atom stereocenters. The van der Waals surface area contributed by atoms with Gasteiger partial charge in [-0.2, -0.15) is 4.68 Å². The van der Waals surface area contributed by atoms with Crippen molar-refractivity contribution in [3.63, 3.8) is 0 Å². The van der Waals surface area contributed by atoms with Gasteiger partial charge >= 0.3 is 0 Å². The van der Waals surface area contributed by atoms with Gasteiger partial charge in [0.1, 0.15) is 5.75 Å². The van der Waals surface area contributed by atoms with Crippen LogP contribution in [0.1, 0.15) is 15.9 Å². The van der Waals surface area contributed by atoms with Crippen LogP contribution in [0.25, 0.3) is 5.69 Å². The first-order chi connectivity index (χ1) is 15.7. The number of hydrogen-bond donors (Lipinski definition) is 1. The number of benzene rings is 3. The van der Waals surface area contributed by atoms with Crippen LogP contribution >= 0.6 is 11.8 Å². The monoisotopic (exact) mass is 445 g/mol. The van der Waals surface area contributed by atoms with E-state index in [1.807, 2.05) is 18.2 Å². The highest BCUT2D eigenvalue weighted by atomic mass is 32.2. The minimum atomic E-state index is -0.271. The lowest BCUT2D eigenvalue weighted by Gasteiger charge is -2.10. The molecular weight excluding hydrogens is 426 g/mol. The SMILES string of the molecule is COc1ccc(-n2nnnc2SCC(=O)Nc2ccccc2C(=O)c2ccccc2)cc1. The van der Waals surface area contributed by atoms with E-state index in [0.29, 0.717) is 22.0 Å². The van der Waals surface area contributed by atoms with Crippen molar-refractivity contribution in [2.24, 2.45) is 0 Å². The predicted molar refractivity (Wildman–Crippen MR) is 121 cm³/mol. The van der Waals surface area contributed by atoms with Crippen molar-refractivity contribution in [1.29, 1.82) is 0 Å². The van der Waals surface area contributed by atoms with Crippen molar-refractivity contribution in [3.8, 4) is 11.4 Å². The molecule has 4 rings (SSSR count). The number of carbonyl (C=O) groups is 2. The average molecular weight is 446 g/mol. The molecule has 9 heteroatoms. The molecule has 1 heterocycles. The molecular formula is C23H19N5O3S. The highest BCUT2D eigenvalue weighted by Crippen LogP contribution is 2.22. The van der Waals surface area contributed by atoms with Crippen molar-refractivity contribution in [1.82, 2.24) is 20.2 Å². The Labute approximate surface area is 188 Å². The smallest absolute Gasteiger partial charge is 0.234 e. The molecule has 0 saturated carbocycles. The fourth-order valence-electron chi connectivity index (χ4n) is 3.01. The van der Waals surface area contributed by atoms with Crippen molar-refractivity contribution in [2.45, 2.75) is 5.16 Å². The molecule has 0 aliphatic carbocycles. The maximum Gasteiger partial charge on any atom is 0.234 e. The Morgan fingerprint density at radius 3 is 2.44 bits per heavy atom. The summed E-state index contributed by atoms with van der Waals surface area (Å²) in [6.45, 7) is 0. The molecule has 0 saturated heterocycles. The number of para-hydroxylation sites is 1. The van der Waals surface area contributed by atoms with Gasteiger partial charge < -0.3 is 10.1 Å². The van der Waals surface area contributed by atoms with Gasteiger partial charge in [-0.25, -0.2) is 0 Å². The second-order valence-corrected chi connectivity index (χ2v) is 7.59. The van der Waals surface area contributed by atoms with E-state index in [1.165, 1.54) is 11.8 Å². The van der Waals surface area contributed by atoms with E-state index in [0.717, 1.165) is 11.4 Å². The third-order valence-electron chi connectivity index (χ3n) is 4.57. The molecule has 1 amide bonds. The molecule has 0 fully saturated rings. The van der Waals surface area contributed by atoms with Gasteiger partial charge in [-0.1, -0.05) is 54.2 Å². The Morgan fingerprint density at radius 1 is 0.969 bits per heavy atom. The summed E-state index contributed by atoms with van der Waals surface area (Å²) >= 11 is 1.20. The maximum atomic E-state index is 12.8. The molecule has 8 nitrogen and oxygen atoms in total. The summed E-state index contributed by atoms with van der Waals surface area (Å²) in [6.07, 6.45) is 0. The standard InChI is InChI=1S/C23H19N5O3S/c1-31-18-13-11-17(12-14-18)28-23(25-26-27-28)32-15-21(29)24-20-10-6-5-9-19(20)22(30)16-7-3-2-4-8-16/h2-14H,15H2,1H3,(H,24,29). The summed E-state index contributed by atoms with van der Waals surface area (Å²) in [4.78, 5) is 25.5. The van der Waals surface area contributed by atoms with Crippen LogP contribution in [-0.4, -0.2) is 44.8 Å². The fourth-order valence-corrected chi connectivity index (χ4v) is 3.70. The molecule has 4 aromatic rings. The number of nitrogens with zero attached hydrogens (tertiary/aromatic N) is 4. The Kier molecular flexibility index (Phi) is 6.57. The molecule has 0 atom stereocenters. The zero-order valence-corrected chi connectivity index (χ0v) is 18.0. The van der Waals surface area contributed by atoms with E-state index in [9.17, 15) is 9.59 Å². The minimum absolute atomic E-state index is 0.0738. The number of methoxy groups -OCH3 is 1. The van der Waals surface area contributed by atoms with Crippen molar-refractivity contribution < 1.29 is 14.3 Å². The number of hydrogen-bond acceptors (Lipinski definition) is 7. The fraction of sp³-hybridized carbons (Fsp3) is 0.0870. The Balaban J connectivity index is 1.44. The highest BCUT2D eigenvalue weighted by molar-refractivity contribution is 7.99. The first-order valence-corrected chi connectivity index (χ1v) is 10.7. The van der Waals surface area contributed by atoms with E-state index in [-0.39, 0.29) is 17.4 Å². The number of ketones is 1. The number of amides is 1. The Hall–Kier alpha value is -3.98. The molecule has 1 N–H and O–H groups in total. The van der Waals surface area contributed by atoms with Gasteiger partial charge in [-0.05, 0) is 46.8 Å². The maximum absolute atomic E-state index is 12.8. The number of rotatable bonds is 8. The predicted octanol–water partition coefficient (Wildman–Crippen LogP) is 3.63. The lowest BCUT2D eigenvalue weighted by atomic mass is 10.0. The molecule has 160 valence electrons. The second kappa shape index (κ2) is 9.88. The Morgan fingerprint density at radius 2 is 1.69 bits per heavy atom. The summed E-state index contributed by atoms with van der Waals surface area (Å²) in [6, 6.07) is 23.1. The van der Waals surface area contributed by atoms with E-state index in [4.69, 9.17) is 4.74 Å². The van der Waals surface area contributed by atoms with Crippen LogP contribution in [0.5, 0.6) is 5.75 Å². The zero-order chi connectivity index (χ0) is 22.3. The largest absolute Gasteiger partial charge is 0.497 e. The normalized spacial score (nSPS) is 10.5. The first kappa shape index (κ1) is 21.3. The lowest BCUT2D eigenvalue weighted by molar-refractivity contribution is -0.113. The third-order valence-corrected chi connectivity index (χ3v) is 5.49. The molecule has 3 aromatic carbocycles. The number of ether oxygens (including phenoxy) is 1. The van der Waals surface area contributed by atoms with Crippen molar-refractivity contribution in [2.75, 3.05) is 18.2 Å². The molecule has 1 aromatic heterocycles. The van der Waals surface area contributed by atoms with Crippen molar-refractivity contribution >= 4 is 29.1 Å². The van der Waals surface area contributed by atoms with E-state index < -0.39 is 0 Å².